The molecular weight excluding hydrogens is 298 g/mol. The maximum absolute atomic E-state index is 12.4. The van der Waals surface area contributed by atoms with Gasteiger partial charge in [0.15, 0.2) is 0 Å². The molecule has 1 aromatic carbocycles. The van der Waals surface area contributed by atoms with Crippen molar-refractivity contribution in [3.05, 3.63) is 46.2 Å². The van der Waals surface area contributed by atoms with Gasteiger partial charge in [0.25, 0.3) is 5.91 Å². The fourth-order valence-corrected chi connectivity index (χ4v) is 3.07. The highest BCUT2D eigenvalue weighted by molar-refractivity contribution is 7.12. The number of anilines is 1. The lowest BCUT2D eigenvalue weighted by molar-refractivity contribution is 0.102. The van der Waals surface area contributed by atoms with Gasteiger partial charge in [0, 0.05) is 18.7 Å². The topological polar surface area (TPSA) is 62.7 Å². The molecule has 114 valence electrons. The Balaban J connectivity index is 1.86. The number of carbonyl (C=O) groups is 1. The molecule has 1 aromatic heterocycles. The highest BCUT2D eigenvalue weighted by Crippen LogP contribution is 2.26. The van der Waals surface area contributed by atoms with Crippen molar-refractivity contribution in [1.82, 2.24) is 5.32 Å². The maximum atomic E-state index is 12.4. The predicted octanol–water partition coefficient (Wildman–Crippen LogP) is 2.75. The van der Waals surface area contributed by atoms with Gasteiger partial charge in [-0.3, -0.25) is 9.79 Å². The predicted molar refractivity (Wildman–Crippen MR) is 89.3 cm³/mol. The van der Waals surface area contributed by atoms with Gasteiger partial charge in [0.2, 0.25) is 0 Å². The molecule has 22 heavy (non-hydrogen) atoms. The van der Waals surface area contributed by atoms with E-state index >= 15 is 0 Å². The molecule has 2 aromatic rings. The summed E-state index contributed by atoms with van der Waals surface area (Å²) >= 11 is 1.36. The molecule has 1 amide bonds. The first-order valence-corrected chi connectivity index (χ1v) is 7.98. The Morgan fingerprint density at radius 2 is 2.23 bits per heavy atom. The van der Waals surface area contributed by atoms with Gasteiger partial charge in [-0.1, -0.05) is 12.1 Å². The number of nitrogens with zero attached hydrogens (tertiary/aromatic N) is 1. The summed E-state index contributed by atoms with van der Waals surface area (Å²) < 4.78 is 5.20. The van der Waals surface area contributed by atoms with Crippen LogP contribution in [0, 0.1) is 0 Å². The second-order valence-corrected chi connectivity index (χ2v) is 5.74. The Kier molecular flexibility index (Phi) is 4.39. The molecule has 0 fully saturated rings. The van der Waals surface area contributed by atoms with Crippen molar-refractivity contribution in [3.8, 4) is 5.75 Å². The zero-order chi connectivity index (χ0) is 15.4. The number of nitrogens with one attached hydrogen (secondary N) is 2. The first-order valence-electron chi connectivity index (χ1n) is 7.10. The third-order valence-electron chi connectivity index (χ3n) is 3.38. The number of aliphatic imine (C=N–C) groups is 1. The molecule has 0 saturated heterocycles. The standard InChI is InChI=1S/C16H17N3O2S/c1-21-13-7-10-22-14(13)16(20)19-12-6-3-2-5-11(12)15-17-8-4-9-18-15/h2-3,5-7,10H,4,8-9H2,1H3,(H,17,18)(H,19,20). The van der Waals surface area contributed by atoms with E-state index in [1.165, 1.54) is 11.3 Å². The number of hydrogen-bond acceptors (Lipinski definition) is 5. The van der Waals surface area contributed by atoms with Crippen LogP contribution < -0.4 is 15.4 Å². The third-order valence-corrected chi connectivity index (χ3v) is 4.28. The van der Waals surface area contributed by atoms with Crippen molar-refractivity contribution < 1.29 is 9.53 Å². The van der Waals surface area contributed by atoms with Crippen LogP contribution in [-0.2, 0) is 0 Å². The number of benzene rings is 1. The summed E-state index contributed by atoms with van der Waals surface area (Å²) in [6.45, 7) is 1.71. The van der Waals surface area contributed by atoms with E-state index in [1.807, 2.05) is 29.6 Å². The van der Waals surface area contributed by atoms with Gasteiger partial charge in [-0.25, -0.2) is 0 Å². The Labute approximate surface area is 133 Å². The van der Waals surface area contributed by atoms with Crippen LogP contribution in [0.3, 0.4) is 0 Å². The largest absolute Gasteiger partial charge is 0.495 e. The molecule has 0 aliphatic carbocycles. The van der Waals surface area contributed by atoms with Crippen LogP contribution in [0.2, 0.25) is 0 Å². The number of ether oxygens (including phenoxy) is 1. The molecule has 5 nitrogen and oxygen atoms in total. The van der Waals surface area contributed by atoms with Crippen molar-refractivity contribution in [2.45, 2.75) is 6.42 Å². The van der Waals surface area contributed by atoms with Crippen LogP contribution >= 0.6 is 11.3 Å². The molecule has 6 heteroatoms. The molecule has 2 N–H and O–H groups in total. The molecular formula is C16H17N3O2S. The molecule has 1 aliphatic rings. The summed E-state index contributed by atoms with van der Waals surface area (Å²) in [5.74, 6) is 1.25. The Bertz CT molecular complexity index is 709. The lowest BCUT2D eigenvalue weighted by Gasteiger charge is -2.17. The number of amidine groups is 1. The van der Waals surface area contributed by atoms with Gasteiger partial charge >= 0.3 is 0 Å². The van der Waals surface area contributed by atoms with E-state index in [4.69, 9.17) is 4.74 Å². The van der Waals surface area contributed by atoms with Crippen LogP contribution in [0.4, 0.5) is 5.69 Å². The lowest BCUT2D eigenvalue weighted by atomic mass is 10.1. The monoisotopic (exact) mass is 315 g/mol. The van der Waals surface area contributed by atoms with Gasteiger partial charge in [0.05, 0.1) is 12.8 Å². The minimum absolute atomic E-state index is 0.171. The van der Waals surface area contributed by atoms with Crippen LogP contribution in [-0.4, -0.2) is 31.9 Å². The van der Waals surface area contributed by atoms with Gasteiger partial charge in [-0.2, -0.15) is 0 Å². The average molecular weight is 315 g/mol. The van der Waals surface area contributed by atoms with Crippen molar-refractivity contribution >= 4 is 28.8 Å². The summed E-state index contributed by atoms with van der Waals surface area (Å²) in [5, 5.41) is 8.08. The molecule has 0 saturated carbocycles. The summed E-state index contributed by atoms with van der Waals surface area (Å²) in [6, 6.07) is 9.46. The molecule has 0 unspecified atom stereocenters. The summed E-state index contributed by atoms with van der Waals surface area (Å²) in [7, 11) is 1.56. The zero-order valence-electron chi connectivity index (χ0n) is 12.3. The fraction of sp³-hybridized carbons (Fsp3) is 0.250. The van der Waals surface area contributed by atoms with E-state index in [0.29, 0.717) is 10.6 Å². The fourth-order valence-electron chi connectivity index (χ4n) is 2.31. The second kappa shape index (κ2) is 6.62. The highest BCUT2D eigenvalue weighted by Gasteiger charge is 2.17. The molecule has 0 radical (unpaired) electrons. The normalized spacial score (nSPS) is 14.0. The van der Waals surface area contributed by atoms with E-state index < -0.39 is 0 Å². The van der Waals surface area contributed by atoms with E-state index in [-0.39, 0.29) is 5.91 Å². The van der Waals surface area contributed by atoms with E-state index in [2.05, 4.69) is 15.6 Å². The van der Waals surface area contributed by atoms with E-state index in [1.54, 1.807) is 13.2 Å². The molecule has 0 spiro atoms. The number of hydrogen-bond donors (Lipinski definition) is 2. The van der Waals surface area contributed by atoms with Crippen LogP contribution in [0.5, 0.6) is 5.75 Å². The van der Waals surface area contributed by atoms with Crippen LogP contribution in [0.15, 0.2) is 40.7 Å². The number of carbonyl (C=O) groups excluding carboxylic acids is 1. The smallest absolute Gasteiger partial charge is 0.269 e. The Morgan fingerprint density at radius 3 is 3.00 bits per heavy atom. The maximum Gasteiger partial charge on any atom is 0.269 e. The average Bonchev–Trinajstić information content (AvgIpc) is 3.05. The summed E-state index contributed by atoms with van der Waals surface area (Å²) in [6.07, 6.45) is 1.03. The van der Waals surface area contributed by atoms with Crippen LogP contribution in [0.1, 0.15) is 21.7 Å². The molecule has 2 heterocycles. The van der Waals surface area contributed by atoms with E-state index in [9.17, 15) is 4.79 Å². The quantitative estimate of drug-likeness (QED) is 0.912. The third kappa shape index (κ3) is 2.96. The van der Waals surface area contributed by atoms with Gasteiger partial charge in [-0.15, -0.1) is 11.3 Å². The lowest BCUT2D eigenvalue weighted by Crippen LogP contribution is -2.31. The first-order chi connectivity index (χ1) is 10.8. The number of methoxy groups -OCH3 is 1. The first kappa shape index (κ1) is 14.6. The zero-order valence-corrected chi connectivity index (χ0v) is 13.1. The van der Waals surface area contributed by atoms with E-state index in [0.717, 1.165) is 36.6 Å². The number of rotatable bonds is 4. The SMILES string of the molecule is COc1ccsc1C(=O)Nc1ccccc1C1=NCCCN1. The van der Waals surface area contributed by atoms with Crippen molar-refractivity contribution in [2.75, 3.05) is 25.5 Å². The Hall–Kier alpha value is -2.34. The number of amides is 1. The molecule has 1 aliphatic heterocycles. The number of thiophene rings is 1. The second-order valence-electron chi connectivity index (χ2n) is 4.83. The van der Waals surface area contributed by atoms with Crippen LogP contribution in [0.25, 0.3) is 0 Å². The molecule has 0 bridgehead atoms. The minimum atomic E-state index is -0.171. The van der Waals surface area contributed by atoms with Crippen molar-refractivity contribution in [3.63, 3.8) is 0 Å². The van der Waals surface area contributed by atoms with Crippen molar-refractivity contribution in [2.24, 2.45) is 4.99 Å². The molecule has 3 rings (SSSR count). The Morgan fingerprint density at radius 1 is 1.36 bits per heavy atom. The highest BCUT2D eigenvalue weighted by atomic mass is 32.1. The van der Waals surface area contributed by atoms with Gasteiger partial charge in [0.1, 0.15) is 16.5 Å². The van der Waals surface area contributed by atoms with Gasteiger partial charge in [-0.05, 0) is 30.0 Å². The summed E-state index contributed by atoms with van der Waals surface area (Å²) in [5.41, 5.74) is 1.65. The number of para-hydroxylation sites is 1. The molecule has 0 atom stereocenters. The van der Waals surface area contributed by atoms with Gasteiger partial charge < -0.3 is 15.4 Å². The summed E-state index contributed by atoms with van der Waals surface area (Å²) in [4.78, 5) is 17.5. The minimum Gasteiger partial charge on any atom is -0.495 e. The van der Waals surface area contributed by atoms with Crippen molar-refractivity contribution in [1.29, 1.82) is 0 Å².